The van der Waals surface area contributed by atoms with E-state index in [1.807, 2.05) is 0 Å². The number of aromatic nitrogens is 1. The Morgan fingerprint density at radius 1 is 1.90 bits per heavy atom. The largest absolute Gasteiger partial charge is 0.316 e. The average Bonchev–Trinajstić information content (AvgIpc) is 2.31. The lowest BCUT2D eigenvalue weighted by atomic mass is 10.5. The number of hydrogen-bond acceptors (Lipinski definition) is 3. The third-order valence-electron chi connectivity index (χ3n) is 0.875. The van der Waals surface area contributed by atoms with Crippen LogP contribution in [0.1, 0.15) is 5.69 Å². The van der Waals surface area contributed by atoms with Gasteiger partial charge in [0.25, 0.3) is 0 Å². The smallest absolute Gasteiger partial charge is 0.304 e. The molecule has 0 aliphatic carbocycles. The molecule has 1 N–H and O–H groups in total. The second-order valence-corrected chi connectivity index (χ2v) is 2.40. The van der Waals surface area contributed by atoms with Gasteiger partial charge in [-0.1, -0.05) is 16.5 Å². The first kappa shape index (κ1) is 6.85. The molecule has 0 aliphatic heterocycles. The predicted octanol–water partition coefficient (Wildman–Crippen LogP) is 1.25. The van der Waals surface area contributed by atoms with Crippen LogP contribution in [0.5, 0.6) is 0 Å². The van der Waals surface area contributed by atoms with Crippen molar-refractivity contribution in [3.8, 4) is 0 Å². The minimum absolute atomic E-state index is 0.122. The number of thiazole rings is 1. The molecule has 0 atom stereocenters. The Morgan fingerprint density at radius 3 is 3.20 bits per heavy atom. The lowest BCUT2D eigenvalue weighted by Gasteiger charge is -1.80. The normalized spacial score (nSPS) is 8.80. The topological polar surface area (TPSA) is 81.6 Å². The summed E-state index contributed by atoms with van der Waals surface area (Å²) in [7, 11) is 0. The second kappa shape index (κ2) is 3.05. The molecule has 52 valence electrons. The van der Waals surface area contributed by atoms with Crippen LogP contribution in [0.25, 0.3) is 10.4 Å². The van der Waals surface area contributed by atoms with Crippen LogP contribution in [0.15, 0.2) is 15.3 Å². The molecule has 0 aliphatic rings. The van der Waals surface area contributed by atoms with E-state index in [1.165, 1.54) is 0 Å². The lowest BCUT2D eigenvalue weighted by Crippen LogP contribution is -1.93. The molecule has 1 aromatic rings. The zero-order chi connectivity index (χ0) is 7.40. The summed E-state index contributed by atoms with van der Waals surface area (Å²) >= 11 is 1.06. The minimum atomic E-state index is -0.122. The summed E-state index contributed by atoms with van der Waals surface area (Å²) < 4.78 is 0. The number of hydrogen-bond donors (Lipinski definition) is 1. The van der Waals surface area contributed by atoms with Gasteiger partial charge in [0.2, 0.25) is 0 Å². The zero-order valence-corrected chi connectivity index (χ0v) is 5.76. The fraction of sp³-hybridized carbons (Fsp3) is 0.250. The van der Waals surface area contributed by atoms with Gasteiger partial charge in [0.05, 0.1) is 6.54 Å². The summed E-state index contributed by atoms with van der Waals surface area (Å²) in [5, 5.41) is 4.91. The summed E-state index contributed by atoms with van der Waals surface area (Å²) in [5.41, 5.74) is 8.56. The molecule has 1 aromatic heterocycles. The molecule has 5 nitrogen and oxygen atoms in total. The number of H-pyrrole nitrogens is 1. The van der Waals surface area contributed by atoms with Crippen LogP contribution in [0.3, 0.4) is 0 Å². The van der Waals surface area contributed by atoms with Crippen molar-refractivity contribution >= 4 is 11.3 Å². The SMILES string of the molecule is [N-]=[N+]=NCc1csc(=O)[nH]1. The van der Waals surface area contributed by atoms with Crippen molar-refractivity contribution in [1.29, 1.82) is 0 Å². The van der Waals surface area contributed by atoms with Crippen molar-refractivity contribution in [2.75, 3.05) is 0 Å². The van der Waals surface area contributed by atoms with Crippen LogP contribution >= 0.6 is 11.3 Å². The van der Waals surface area contributed by atoms with E-state index in [-0.39, 0.29) is 11.4 Å². The van der Waals surface area contributed by atoms with E-state index < -0.39 is 0 Å². The van der Waals surface area contributed by atoms with Gasteiger partial charge in [-0.2, -0.15) is 0 Å². The molecule has 10 heavy (non-hydrogen) atoms. The van der Waals surface area contributed by atoms with Gasteiger partial charge in [-0.25, -0.2) is 0 Å². The van der Waals surface area contributed by atoms with Crippen LogP contribution in [0.4, 0.5) is 0 Å². The Labute approximate surface area is 60.0 Å². The third-order valence-corrected chi connectivity index (χ3v) is 1.59. The van der Waals surface area contributed by atoms with Gasteiger partial charge in [0.15, 0.2) is 0 Å². The maximum atomic E-state index is 10.5. The van der Waals surface area contributed by atoms with E-state index in [9.17, 15) is 4.79 Å². The van der Waals surface area contributed by atoms with Crippen LogP contribution in [-0.4, -0.2) is 4.98 Å². The lowest BCUT2D eigenvalue weighted by molar-refractivity contribution is 0.986. The zero-order valence-electron chi connectivity index (χ0n) is 4.94. The first-order chi connectivity index (χ1) is 4.83. The van der Waals surface area contributed by atoms with Gasteiger partial charge < -0.3 is 4.98 Å². The first-order valence-electron chi connectivity index (χ1n) is 2.50. The number of nitrogens with one attached hydrogen (secondary N) is 1. The first-order valence-corrected chi connectivity index (χ1v) is 3.38. The van der Waals surface area contributed by atoms with Gasteiger partial charge in [-0.05, 0) is 5.53 Å². The van der Waals surface area contributed by atoms with Crippen molar-refractivity contribution in [3.05, 3.63) is 31.2 Å². The van der Waals surface area contributed by atoms with Crippen LogP contribution in [-0.2, 0) is 6.54 Å². The number of aromatic amines is 1. The standard InChI is InChI=1S/C4H4N4OS/c5-8-6-1-3-2-10-4(9)7-3/h2H,1H2,(H,7,9). The van der Waals surface area contributed by atoms with Gasteiger partial charge >= 0.3 is 4.87 Å². The summed E-state index contributed by atoms with van der Waals surface area (Å²) in [6.45, 7) is 0.218. The monoisotopic (exact) mass is 156 g/mol. The van der Waals surface area contributed by atoms with E-state index in [2.05, 4.69) is 15.0 Å². The van der Waals surface area contributed by atoms with Gasteiger partial charge in [-0.15, -0.1) is 0 Å². The molecule has 0 radical (unpaired) electrons. The maximum absolute atomic E-state index is 10.5. The Balaban J connectivity index is 2.76. The van der Waals surface area contributed by atoms with Crippen molar-refractivity contribution < 1.29 is 0 Å². The Bertz CT molecular complexity index is 307. The van der Waals surface area contributed by atoms with Crippen LogP contribution in [0, 0.1) is 0 Å². The molecule has 6 heteroatoms. The fourth-order valence-electron chi connectivity index (χ4n) is 0.499. The molecule has 0 aromatic carbocycles. The Morgan fingerprint density at radius 2 is 2.70 bits per heavy atom. The van der Waals surface area contributed by atoms with Crippen molar-refractivity contribution in [2.24, 2.45) is 5.11 Å². The van der Waals surface area contributed by atoms with Gasteiger partial charge in [0.1, 0.15) is 0 Å². The molecule has 0 saturated carbocycles. The molecular formula is C4H4N4OS. The van der Waals surface area contributed by atoms with E-state index in [4.69, 9.17) is 5.53 Å². The van der Waals surface area contributed by atoms with Crippen molar-refractivity contribution in [1.82, 2.24) is 4.98 Å². The highest BCUT2D eigenvalue weighted by Gasteiger charge is 1.91. The van der Waals surface area contributed by atoms with E-state index in [1.54, 1.807) is 5.38 Å². The Hall–Kier alpha value is -1.26. The Kier molecular flexibility index (Phi) is 2.09. The molecule has 0 saturated heterocycles. The number of rotatable bonds is 2. The van der Waals surface area contributed by atoms with E-state index in [0.717, 1.165) is 11.3 Å². The summed E-state index contributed by atoms with van der Waals surface area (Å²) in [5.74, 6) is 0. The van der Waals surface area contributed by atoms with Crippen LogP contribution < -0.4 is 4.87 Å². The minimum Gasteiger partial charge on any atom is -0.316 e. The molecule has 0 spiro atoms. The van der Waals surface area contributed by atoms with Crippen LogP contribution in [0.2, 0.25) is 0 Å². The van der Waals surface area contributed by atoms with Crippen molar-refractivity contribution in [2.45, 2.75) is 6.54 Å². The van der Waals surface area contributed by atoms with E-state index >= 15 is 0 Å². The number of azide groups is 1. The average molecular weight is 156 g/mol. The van der Waals surface area contributed by atoms with Crippen molar-refractivity contribution in [3.63, 3.8) is 0 Å². The van der Waals surface area contributed by atoms with Gasteiger partial charge in [-0.3, -0.25) is 4.79 Å². The fourth-order valence-corrected chi connectivity index (χ4v) is 1.07. The highest BCUT2D eigenvalue weighted by Crippen LogP contribution is 1.96. The second-order valence-electron chi connectivity index (χ2n) is 1.56. The summed E-state index contributed by atoms with van der Waals surface area (Å²) in [6, 6.07) is 0. The molecule has 0 amide bonds. The van der Waals surface area contributed by atoms with Gasteiger partial charge in [0, 0.05) is 16.0 Å². The predicted molar refractivity (Wildman–Crippen MR) is 37.8 cm³/mol. The quantitative estimate of drug-likeness (QED) is 0.390. The molecule has 1 rings (SSSR count). The number of nitrogens with zero attached hydrogens (tertiary/aromatic N) is 3. The third kappa shape index (κ3) is 1.61. The highest BCUT2D eigenvalue weighted by atomic mass is 32.1. The molecule has 0 unspecified atom stereocenters. The van der Waals surface area contributed by atoms with E-state index in [0.29, 0.717) is 5.69 Å². The summed E-state index contributed by atoms with van der Waals surface area (Å²) in [6.07, 6.45) is 0. The molecular weight excluding hydrogens is 152 g/mol. The summed E-state index contributed by atoms with van der Waals surface area (Å²) in [4.78, 5) is 15.4. The molecule has 0 fully saturated rings. The molecule has 0 bridgehead atoms. The maximum Gasteiger partial charge on any atom is 0.304 e. The molecule has 1 heterocycles. The highest BCUT2D eigenvalue weighted by molar-refractivity contribution is 7.07.